The summed E-state index contributed by atoms with van der Waals surface area (Å²) in [5, 5.41) is 0. The van der Waals surface area contributed by atoms with E-state index in [1.165, 1.54) is 5.56 Å². The number of carbonyl (C=O) groups is 1. The molecule has 3 aromatic rings. The Kier molecular flexibility index (Phi) is 5.60. The van der Waals surface area contributed by atoms with Crippen LogP contribution in [0.1, 0.15) is 58.8 Å². The lowest BCUT2D eigenvalue weighted by Gasteiger charge is -2.34. The smallest absolute Gasteiger partial charge is 0.216 e. The lowest BCUT2D eigenvalue weighted by Crippen LogP contribution is -2.35. The van der Waals surface area contributed by atoms with E-state index in [1.807, 2.05) is 12.1 Å². The average Bonchev–Trinajstić information content (AvgIpc) is 3.68. The van der Waals surface area contributed by atoms with Gasteiger partial charge in [-0.2, -0.15) is 0 Å². The van der Waals surface area contributed by atoms with Crippen molar-refractivity contribution in [2.45, 2.75) is 31.6 Å². The molecule has 1 unspecified atom stereocenters. The van der Waals surface area contributed by atoms with E-state index in [0.717, 1.165) is 44.6 Å². The molecule has 1 aliphatic carbocycles. The lowest BCUT2D eigenvalue weighted by molar-refractivity contribution is 0.103. The molecule has 32 heavy (non-hydrogen) atoms. The van der Waals surface area contributed by atoms with Crippen molar-refractivity contribution in [1.82, 2.24) is 9.97 Å². The number of ketones is 1. The van der Waals surface area contributed by atoms with Crippen LogP contribution in [0.4, 0.5) is 11.6 Å². The van der Waals surface area contributed by atoms with Crippen molar-refractivity contribution >= 4 is 17.4 Å². The largest absolute Gasteiger partial charge is 0.383 e. The third-order valence-electron chi connectivity index (χ3n) is 6.18. The number of hydrogen-bond donors (Lipinski definition) is 1. The van der Waals surface area contributed by atoms with Crippen LogP contribution in [-0.2, 0) is 0 Å². The Labute approximate surface area is 188 Å². The fourth-order valence-corrected chi connectivity index (χ4v) is 4.23. The van der Waals surface area contributed by atoms with E-state index in [4.69, 9.17) is 10.7 Å². The Morgan fingerprint density at radius 3 is 2.66 bits per heavy atom. The molecular formula is C27H26N4O. The SMILES string of the molecule is Nc1ncccc1C(=O)c1nc(N2CCCC(c3ccccc3)C2)ccc1C#CC1CC1. The average molecular weight is 423 g/mol. The molecular weight excluding hydrogens is 396 g/mol. The molecule has 3 heterocycles. The maximum Gasteiger partial charge on any atom is 0.216 e. The summed E-state index contributed by atoms with van der Waals surface area (Å²) in [6.07, 6.45) is 6.09. The van der Waals surface area contributed by atoms with Gasteiger partial charge in [-0.1, -0.05) is 42.2 Å². The van der Waals surface area contributed by atoms with Crippen LogP contribution in [0.2, 0.25) is 0 Å². The van der Waals surface area contributed by atoms with Gasteiger partial charge in [-0.05, 0) is 55.5 Å². The zero-order valence-electron chi connectivity index (χ0n) is 18.0. The maximum atomic E-state index is 13.4. The fourth-order valence-electron chi connectivity index (χ4n) is 4.23. The molecule has 2 N–H and O–H groups in total. The zero-order chi connectivity index (χ0) is 21.9. The Balaban J connectivity index is 1.48. The van der Waals surface area contributed by atoms with Gasteiger partial charge >= 0.3 is 0 Å². The third kappa shape index (κ3) is 4.36. The molecule has 2 fully saturated rings. The van der Waals surface area contributed by atoms with Gasteiger partial charge in [-0.3, -0.25) is 4.79 Å². The van der Waals surface area contributed by atoms with E-state index < -0.39 is 0 Å². The van der Waals surface area contributed by atoms with E-state index in [-0.39, 0.29) is 11.6 Å². The van der Waals surface area contributed by atoms with Crippen molar-refractivity contribution in [2.24, 2.45) is 5.92 Å². The minimum Gasteiger partial charge on any atom is -0.383 e. The van der Waals surface area contributed by atoms with Gasteiger partial charge < -0.3 is 10.6 Å². The van der Waals surface area contributed by atoms with Crippen molar-refractivity contribution in [3.8, 4) is 11.8 Å². The number of piperidine rings is 1. The highest BCUT2D eigenvalue weighted by atomic mass is 16.1. The van der Waals surface area contributed by atoms with Gasteiger partial charge in [-0.25, -0.2) is 9.97 Å². The first-order valence-corrected chi connectivity index (χ1v) is 11.3. The number of anilines is 2. The first-order valence-electron chi connectivity index (χ1n) is 11.3. The van der Waals surface area contributed by atoms with E-state index in [9.17, 15) is 4.79 Å². The van der Waals surface area contributed by atoms with Crippen LogP contribution in [0.25, 0.3) is 0 Å². The molecule has 0 spiro atoms. The van der Waals surface area contributed by atoms with E-state index in [0.29, 0.717) is 28.7 Å². The number of aromatic nitrogens is 2. The summed E-state index contributed by atoms with van der Waals surface area (Å²) in [4.78, 5) is 24.6. The molecule has 1 saturated carbocycles. The molecule has 5 rings (SSSR count). The Bertz CT molecular complexity index is 1190. The number of hydrogen-bond acceptors (Lipinski definition) is 5. The number of nitrogen functional groups attached to an aromatic ring is 1. The molecule has 5 nitrogen and oxygen atoms in total. The summed E-state index contributed by atoms with van der Waals surface area (Å²) in [5.74, 6) is 8.15. The van der Waals surface area contributed by atoms with Crippen LogP contribution in [0.5, 0.6) is 0 Å². The fraction of sp³-hybridized carbons (Fsp3) is 0.296. The Hall–Kier alpha value is -3.65. The number of nitrogens with zero attached hydrogens (tertiary/aromatic N) is 3. The number of nitrogens with two attached hydrogens (primary N) is 1. The Morgan fingerprint density at radius 2 is 1.88 bits per heavy atom. The summed E-state index contributed by atoms with van der Waals surface area (Å²) in [7, 11) is 0. The molecule has 1 aromatic carbocycles. The maximum absolute atomic E-state index is 13.4. The molecule has 0 amide bonds. The number of carbonyl (C=O) groups excluding carboxylic acids is 1. The summed E-state index contributed by atoms with van der Waals surface area (Å²) < 4.78 is 0. The van der Waals surface area contributed by atoms with Crippen molar-refractivity contribution in [2.75, 3.05) is 23.7 Å². The number of benzene rings is 1. The summed E-state index contributed by atoms with van der Waals surface area (Å²) in [6, 6.07) is 18.0. The first kappa shape index (κ1) is 20.3. The second-order valence-electron chi connectivity index (χ2n) is 8.57. The van der Waals surface area contributed by atoms with Crippen LogP contribution < -0.4 is 10.6 Å². The number of pyridine rings is 2. The van der Waals surface area contributed by atoms with Crippen LogP contribution in [-0.4, -0.2) is 28.8 Å². The topological polar surface area (TPSA) is 72.1 Å². The highest BCUT2D eigenvalue weighted by molar-refractivity contribution is 6.11. The number of rotatable bonds is 4. The standard InChI is InChI=1S/C27H26N4O/c28-27-23(9-4-16-29-27)26(32)25-21(13-12-19-10-11-19)14-15-24(30-25)31-17-5-8-22(18-31)20-6-2-1-3-7-20/h1-4,6-7,9,14-16,19,22H,5,8,10-11,17-18H2,(H2,28,29). The van der Waals surface area contributed by atoms with Gasteiger partial charge in [0.05, 0.1) is 11.1 Å². The highest BCUT2D eigenvalue weighted by Crippen LogP contribution is 2.31. The molecule has 160 valence electrons. The second kappa shape index (κ2) is 8.84. The van der Waals surface area contributed by atoms with Crippen molar-refractivity contribution in [1.29, 1.82) is 0 Å². The quantitative estimate of drug-likeness (QED) is 0.497. The minimum atomic E-state index is -0.228. The van der Waals surface area contributed by atoms with Gasteiger partial charge in [0.2, 0.25) is 5.78 Å². The third-order valence-corrected chi connectivity index (χ3v) is 6.18. The molecule has 1 saturated heterocycles. The molecule has 2 aliphatic rings. The molecule has 5 heteroatoms. The van der Waals surface area contributed by atoms with Gasteiger partial charge in [0.1, 0.15) is 17.3 Å². The van der Waals surface area contributed by atoms with Gasteiger partial charge in [0.25, 0.3) is 0 Å². The van der Waals surface area contributed by atoms with Gasteiger partial charge in [-0.15, -0.1) is 0 Å². The van der Waals surface area contributed by atoms with Crippen LogP contribution >= 0.6 is 0 Å². The second-order valence-corrected chi connectivity index (χ2v) is 8.57. The summed E-state index contributed by atoms with van der Waals surface area (Å²) in [6.45, 7) is 1.80. The van der Waals surface area contributed by atoms with Crippen molar-refractivity contribution in [3.05, 3.63) is 83.2 Å². The Morgan fingerprint density at radius 1 is 1.03 bits per heavy atom. The monoisotopic (exact) mass is 422 g/mol. The molecule has 0 radical (unpaired) electrons. The van der Waals surface area contributed by atoms with Gasteiger partial charge in [0.15, 0.2) is 0 Å². The van der Waals surface area contributed by atoms with Gasteiger partial charge in [0, 0.05) is 31.1 Å². The molecule has 0 bridgehead atoms. The summed E-state index contributed by atoms with van der Waals surface area (Å²) >= 11 is 0. The predicted molar refractivity (Wildman–Crippen MR) is 127 cm³/mol. The highest BCUT2D eigenvalue weighted by Gasteiger charge is 2.25. The van der Waals surface area contributed by atoms with Crippen LogP contribution in [0.3, 0.4) is 0 Å². The summed E-state index contributed by atoms with van der Waals surface area (Å²) in [5.41, 5.74) is 8.73. The van der Waals surface area contributed by atoms with E-state index in [2.05, 4.69) is 52.1 Å². The zero-order valence-corrected chi connectivity index (χ0v) is 18.0. The lowest BCUT2D eigenvalue weighted by atomic mass is 9.90. The van der Waals surface area contributed by atoms with Crippen molar-refractivity contribution in [3.63, 3.8) is 0 Å². The van der Waals surface area contributed by atoms with E-state index >= 15 is 0 Å². The van der Waals surface area contributed by atoms with Crippen LogP contribution in [0, 0.1) is 17.8 Å². The minimum absolute atomic E-state index is 0.216. The van der Waals surface area contributed by atoms with E-state index in [1.54, 1.807) is 18.3 Å². The molecule has 1 aliphatic heterocycles. The molecule has 2 aromatic heterocycles. The first-order chi connectivity index (χ1) is 15.7. The molecule has 1 atom stereocenters. The predicted octanol–water partition coefficient (Wildman–Crippen LogP) is 4.44. The normalized spacial score (nSPS) is 18.0. The van der Waals surface area contributed by atoms with Crippen molar-refractivity contribution < 1.29 is 4.79 Å². The van der Waals surface area contributed by atoms with Crippen LogP contribution in [0.15, 0.2) is 60.8 Å².